The van der Waals surface area contributed by atoms with Crippen molar-refractivity contribution < 1.29 is 4.39 Å². The molecule has 0 saturated heterocycles. The highest BCUT2D eigenvalue weighted by atomic mass is 19.1. The van der Waals surface area contributed by atoms with Gasteiger partial charge < -0.3 is 10.2 Å². The van der Waals surface area contributed by atoms with E-state index in [1.165, 1.54) is 11.6 Å². The predicted octanol–water partition coefficient (Wildman–Crippen LogP) is 2.90. The van der Waals surface area contributed by atoms with Crippen LogP contribution in [-0.4, -0.2) is 32.7 Å². The Hall–Kier alpha value is -1.68. The number of anilines is 1. The Morgan fingerprint density at radius 1 is 1.30 bits per heavy atom. The summed E-state index contributed by atoms with van der Waals surface area (Å²) in [5.41, 5.74) is 4.18. The first-order valence-electron chi connectivity index (χ1n) is 6.95. The van der Waals surface area contributed by atoms with Gasteiger partial charge in [-0.15, -0.1) is 0 Å². The molecule has 3 nitrogen and oxygen atoms in total. The molecule has 4 heteroatoms. The number of nitrogens with zero attached hydrogens (tertiary/aromatic N) is 2. The van der Waals surface area contributed by atoms with Crippen molar-refractivity contribution in [3.63, 3.8) is 0 Å². The van der Waals surface area contributed by atoms with Crippen LogP contribution in [0.5, 0.6) is 0 Å². The fourth-order valence-corrected chi connectivity index (χ4v) is 2.63. The van der Waals surface area contributed by atoms with Crippen LogP contribution in [0.1, 0.15) is 17.7 Å². The molecule has 0 atom stereocenters. The van der Waals surface area contributed by atoms with Crippen LogP contribution < -0.4 is 10.2 Å². The molecule has 0 unspecified atom stereocenters. The molecule has 0 radical (unpaired) electrons. The number of rotatable bonds is 5. The maximum atomic E-state index is 13.6. The van der Waals surface area contributed by atoms with Crippen LogP contribution in [0, 0.1) is 12.7 Å². The average Bonchev–Trinajstić information content (AvgIpc) is 2.39. The number of hydrogen-bond acceptors (Lipinski definition) is 3. The van der Waals surface area contributed by atoms with Crippen LogP contribution >= 0.6 is 0 Å². The third-order valence-electron chi connectivity index (χ3n) is 3.53. The quantitative estimate of drug-likeness (QED) is 0.850. The third kappa shape index (κ3) is 2.90. The summed E-state index contributed by atoms with van der Waals surface area (Å²) >= 11 is 0. The van der Waals surface area contributed by atoms with Crippen LogP contribution in [0.25, 0.3) is 10.9 Å². The first-order chi connectivity index (χ1) is 9.54. The monoisotopic (exact) mass is 275 g/mol. The van der Waals surface area contributed by atoms with Crippen molar-refractivity contribution in [1.29, 1.82) is 0 Å². The third-order valence-corrected chi connectivity index (χ3v) is 3.53. The van der Waals surface area contributed by atoms with Crippen molar-refractivity contribution in [3.8, 4) is 0 Å². The van der Waals surface area contributed by atoms with E-state index in [-0.39, 0.29) is 5.82 Å². The van der Waals surface area contributed by atoms with Gasteiger partial charge in [0.2, 0.25) is 0 Å². The lowest BCUT2D eigenvalue weighted by molar-refractivity contribution is 0.629. The molecule has 0 aliphatic rings. The molecule has 0 saturated carbocycles. The molecule has 0 spiro atoms. The maximum absolute atomic E-state index is 13.6. The second-order valence-corrected chi connectivity index (χ2v) is 5.29. The molecule has 108 valence electrons. The minimum atomic E-state index is -0.215. The van der Waals surface area contributed by atoms with Crippen LogP contribution in [0.15, 0.2) is 18.2 Å². The van der Waals surface area contributed by atoms with Crippen LogP contribution in [-0.2, 0) is 6.42 Å². The lowest BCUT2D eigenvalue weighted by atomic mass is 10.0. The Labute approximate surface area is 119 Å². The number of aryl methyl sites for hydroxylation is 1. The van der Waals surface area contributed by atoms with E-state index in [0.717, 1.165) is 41.7 Å². The minimum Gasteiger partial charge on any atom is -0.377 e. The van der Waals surface area contributed by atoms with Crippen molar-refractivity contribution in [2.75, 3.05) is 32.6 Å². The van der Waals surface area contributed by atoms with Gasteiger partial charge in [-0.3, -0.25) is 4.98 Å². The van der Waals surface area contributed by atoms with E-state index in [1.54, 1.807) is 12.1 Å². The SMILES string of the molecule is CNCCCc1c(C)nc2ccc(F)cc2c1N(C)C. The van der Waals surface area contributed by atoms with Crippen LogP contribution in [0.3, 0.4) is 0 Å². The van der Waals surface area contributed by atoms with Gasteiger partial charge in [0.05, 0.1) is 11.2 Å². The highest BCUT2D eigenvalue weighted by Crippen LogP contribution is 2.31. The zero-order valence-corrected chi connectivity index (χ0v) is 12.6. The maximum Gasteiger partial charge on any atom is 0.124 e. The molecular weight excluding hydrogens is 253 g/mol. The molecule has 20 heavy (non-hydrogen) atoms. The van der Waals surface area contributed by atoms with E-state index in [2.05, 4.69) is 15.2 Å². The Morgan fingerprint density at radius 3 is 2.70 bits per heavy atom. The molecule has 0 bridgehead atoms. The minimum absolute atomic E-state index is 0.215. The van der Waals surface area contributed by atoms with Gasteiger partial charge in [0, 0.05) is 25.2 Å². The number of benzene rings is 1. The first kappa shape index (κ1) is 14.7. The van der Waals surface area contributed by atoms with Crippen molar-refractivity contribution in [2.45, 2.75) is 19.8 Å². The molecule has 1 N–H and O–H groups in total. The van der Waals surface area contributed by atoms with E-state index in [0.29, 0.717) is 0 Å². The topological polar surface area (TPSA) is 28.2 Å². The standard InChI is InChI=1S/C16H22FN3/c1-11-13(6-5-9-18-2)16(20(3)4)14-10-12(17)7-8-15(14)19-11/h7-8,10,18H,5-6,9H2,1-4H3. The Balaban J connectivity index is 2.59. The fourth-order valence-electron chi connectivity index (χ4n) is 2.63. The van der Waals surface area contributed by atoms with Gasteiger partial charge in [0.25, 0.3) is 0 Å². The molecule has 0 aliphatic carbocycles. The largest absolute Gasteiger partial charge is 0.377 e. The highest BCUT2D eigenvalue weighted by molar-refractivity contribution is 5.93. The lowest BCUT2D eigenvalue weighted by Crippen LogP contribution is -2.15. The normalized spacial score (nSPS) is 11.1. The van der Waals surface area contributed by atoms with Gasteiger partial charge >= 0.3 is 0 Å². The van der Waals surface area contributed by atoms with Crippen LogP contribution in [0.2, 0.25) is 0 Å². The number of hydrogen-bond donors (Lipinski definition) is 1. The summed E-state index contributed by atoms with van der Waals surface area (Å²) in [6, 6.07) is 4.80. The smallest absolute Gasteiger partial charge is 0.124 e. The first-order valence-corrected chi connectivity index (χ1v) is 6.95. The molecule has 2 aromatic rings. The molecule has 1 heterocycles. The predicted molar refractivity (Wildman–Crippen MR) is 83.0 cm³/mol. The summed E-state index contributed by atoms with van der Waals surface area (Å²) < 4.78 is 13.6. The van der Waals surface area contributed by atoms with Crippen molar-refractivity contribution in [1.82, 2.24) is 10.3 Å². The Morgan fingerprint density at radius 2 is 2.05 bits per heavy atom. The van der Waals surface area contributed by atoms with Crippen molar-refractivity contribution in [3.05, 3.63) is 35.3 Å². The zero-order chi connectivity index (χ0) is 14.7. The van der Waals surface area contributed by atoms with Crippen molar-refractivity contribution >= 4 is 16.6 Å². The number of pyridine rings is 1. The Kier molecular flexibility index (Phi) is 4.55. The molecule has 0 amide bonds. The summed E-state index contributed by atoms with van der Waals surface area (Å²) in [7, 11) is 5.95. The number of halogens is 1. The van der Waals surface area contributed by atoms with Gasteiger partial charge in [-0.2, -0.15) is 0 Å². The summed E-state index contributed by atoms with van der Waals surface area (Å²) in [6.07, 6.45) is 1.99. The van der Waals surface area contributed by atoms with Gasteiger partial charge in [0.1, 0.15) is 5.82 Å². The second-order valence-electron chi connectivity index (χ2n) is 5.29. The van der Waals surface area contributed by atoms with E-state index in [4.69, 9.17) is 0 Å². The van der Waals surface area contributed by atoms with Gasteiger partial charge in [-0.25, -0.2) is 4.39 Å². The lowest BCUT2D eigenvalue weighted by Gasteiger charge is -2.21. The van der Waals surface area contributed by atoms with Gasteiger partial charge in [-0.05, 0) is 57.1 Å². The summed E-state index contributed by atoms with van der Waals surface area (Å²) in [6.45, 7) is 3.00. The highest BCUT2D eigenvalue weighted by Gasteiger charge is 2.14. The molecule has 1 aromatic heterocycles. The van der Waals surface area contributed by atoms with E-state index in [9.17, 15) is 4.39 Å². The summed E-state index contributed by atoms with van der Waals surface area (Å²) in [5.74, 6) is -0.215. The number of aromatic nitrogens is 1. The van der Waals surface area contributed by atoms with Crippen LogP contribution in [0.4, 0.5) is 10.1 Å². The summed E-state index contributed by atoms with van der Waals surface area (Å²) in [5, 5.41) is 4.05. The molecule has 1 aromatic carbocycles. The second kappa shape index (κ2) is 6.18. The number of fused-ring (bicyclic) bond motifs is 1. The molecular formula is C16H22FN3. The van der Waals surface area contributed by atoms with Crippen molar-refractivity contribution in [2.24, 2.45) is 0 Å². The number of nitrogens with one attached hydrogen (secondary N) is 1. The Bertz CT molecular complexity index is 608. The zero-order valence-electron chi connectivity index (χ0n) is 12.6. The summed E-state index contributed by atoms with van der Waals surface area (Å²) in [4.78, 5) is 6.69. The van der Waals surface area contributed by atoms with Gasteiger partial charge in [0.15, 0.2) is 0 Å². The molecule has 0 aliphatic heterocycles. The van der Waals surface area contributed by atoms with E-state index >= 15 is 0 Å². The van der Waals surface area contributed by atoms with Gasteiger partial charge in [-0.1, -0.05) is 0 Å². The molecule has 0 fully saturated rings. The fraction of sp³-hybridized carbons (Fsp3) is 0.438. The van der Waals surface area contributed by atoms with E-state index in [1.807, 2.05) is 28.1 Å². The average molecular weight is 275 g/mol. The molecule has 2 rings (SSSR count). The van der Waals surface area contributed by atoms with E-state index < -0.39 is 0 Å².